The molecule has 2 N–H and O–H groups in total. The molecule has 4 nitrogen and oxygen atoms in total. The molecule has 0 aliphatic carbocycles. The lowest BCUT2D eigenvalue weighted by molar-refractivity contribution is 0.359. The zero-order valence-electron chi connectivity index (χ0n) is 7.03. The summed E-state index contributed by atoms with van der Waals surface area (Å²) in [6, 6.07) is -0.147. The number of nitrogens with two attached hydrogens (primary N) is 1. The fourth-order valence-electron chi connectivity index (χ4n) is 0.667. The number of aromatic nitrogens is 2. The second-order valence-electron chi connectivity index (χ2n) is 2.93. The van der Waals surface area contributed by atoms with Gasteiger partial charge in [-0.1, -0.05) is 19.0 Å². The quantitative estimate of drug-likeness (QED) is 0.697. The molecule has 1 aromatic rings. The van der Waals surface area contributed by atoms with E-state index in [1.807, 2.05) is 20.8 Å². The van der Waals surface area contributed by atoms with E-state index in [-0.39, 0.29) is 12.0 Å². The number of hydrogen-bond donors (Lipinski definition) is 1. The molecular weight excluding hydrogens is 142 g/mol. The molecule has 0 fully saturated rings. The molecule has 0 aliphatic heterocycles. The summed E-state index contributed by atoms with van der Waals surface area (Å²) in [4.78, 5) is 4.11. The first-order valence-electron chi connectivity index (χ1n) is 3.70. The summed E-state index contributed by atoms with van der Waals surface area (Å²) in [6.45, 7) is 5.83. The summed E-state index contributed by atoms with van der Waals surface area (Å²) < 4.78 is 4.95. The lowest BCUT2D eigenvalue weighted by Crippen LogP contribution is -2.06. The molecule has 0 aromatic carbocycles. The van der Waals surface area contributed by atoms with E-state index in [9.17, 15) is 0 Å². The minimum absolute atomic E-state index is 0.147. The van der Waals surface area contributed by atoms with Crippen molar-refractivity contribution in [2.75, 3.05) is 0 Å². The van der Waals surface area contributed by atoms with Crippen molar-refractivity contribution >= 4 is 0 Å². The smallest absolute Gasteiger partial charge is 0.229 e. The summed E-state index contributed by atoms with van der Waals surface area (Å²) in [5.74, 6) is 1.50. The van der Waals surface area contributed by atoms with Crippen molar-refractivity contribution in [1.29, 1.82) is 0 Å². The Hall–Kier alpha value is -0.900. The van der Waals surface area contributed by atoms with Crippen LogP contribution in [0.2, 0.25) is 0 Å². The Labute approximate surface area is 65.8 Å². The molecule has 1 aromatic heterocycles. The fourth-order valence-corrected chi connectivity index (χ4v) is 0.667. The predicted molar refractivity (Wildman–Crippen MR) is 41.0 cm³/mol. The van der Waals surface area contributed by atoms with Crippen molar-refractivity contribution in [3.63, 3.8) is 0 Å². The molecule has 0 aliphatic rings. The zero-order chi connectivity index (χ0) is 8.43. The Kier molecular flexibility index (Phi) is 2.24. The molecule has 0 amide bonds. The molecular formula is C7H13N3O. The van der Waals surface area contributed by atoms with Crippen molar-refractivity contribution in [3.05, 3.63) is 11.7 Å². The topological polar surface area (TPSA) is 64.9 Å². The maximum absolute atomic E-state index is 5.54. The van der Waals surface area contributed by atoms with E-state index >= 15 is 0 Å². The molecule has 4 heteroatoms. The second kappa shape index (κ2) is 3.00. The third kappa shape index (κ3) is 1.77. The van der Waals surface area contributed by atoms with Crippen LogP contribution in [0.25, 0.3) is 0 Å². The molecule has 11 heavy (non-hydrogen) atoms. The standard InChI is InChI=1S/C7H13N3O/c1-4(2)7-9-6(5(3)8)10-11-7/h4-5H,8H2,1-3H3/t5-/m0/s1. The van der Waals surface area contributed by atoms with Crippen molar-refractivity contribution < 1.29 is 4.52 Å². The highest BCUT2D eigenvalue weighted by molar-refractivity contribution is 4.93. The van der Waals surface area contributed by atoms with E-state index in [2.05, 4.69) is 10.1 Å². The first-order chi connectivity index (χ1) is 5.11. The van der Waals surface area contributed by atoms with E-state index in [0.29, 0.717) is 11.7 Å². The third-order valence-corrected chi connectivity index (χ3v) is 1.36. The van der Waals surface area contributed by atoms with Gasteiger partial charge in [-0.05, 0) is 6.92 Å². The fraction of sp³-hybridized carbons (Fsp3) is 0.714. The van der Waals surface area contributed by atoms with E-state index in [4.69, 9.17) is 10.3 Å². The maximum Gasteiger partial charge on any atom is 0.229 e. The molecule has 0 radical (unpaired) electrons. The van der Waals surface area contributed by atoms with Crippen molar-refractivity contribution in [1.82, 2.24) is 10.1 Å². The van der Waals surface area contributed by atoms with E-state index in [1.165, 1.54) is 0 Å². The third-order valence-electron chi connectivity index (χ3n) is 1.36. The van der Waals surface area contributed by atoms with Crippen molar-refractivity contribution in [2.24, 2.45) is 5.73 Å². The summed E-state index contributed by atoms with van der Waals surface area (Å²) in [5, 5.41) is 3.73. The zero-order valence-corrected chi connectivity index (χ0v) is 7.03. The lowest BCUT2D eigenvalue weighted by Gasteiger charge is -1.94. The van der Waals surface area contributed by atoms with Crippen LogP contribution in [0.4, 0.5) is 0 Å². The Morgan fingerprint density at radius 1 is 1.36 bits per heavy atom. The van der Waals surface area contributed by atoms with Gasteiger partial charge in [0.15, 0.2) is 5.82 Å². The van der Waals surface area contributed by atoms with Gasteiger partial charge in [-0.3, -0.25) is 0 Å². The normalized spacial score (nSPS) is 13.9. The van der Waals surface area contributed by atoms with Gasteiger partial charge in [-0.25, -0.2) is 0 Å². The molecule has 0 saturated heterocycles. The highest BCUT2D eigenvalue weighted by atomic mass is 16.5. The summed E-state index contributed by atoms with van der Waals surface area (Å²) in [5.41, 5.74) is 5.54. The summed E-state index contributed by atoms with van der Waals surface area (Å²) in [7, 11) is 0. The van der Waals surface area contributed by atoms with E-state index in [0.717, 1.165) is 0 Å². The molecule has 1 atom stereocenters. The van der Waals surface area contributed by atoms with Gasteiger partial charge in [0.2, 0.25) is 5.89 Å². The Morgan fingerprint density at radius 2 is 2.00 bits per heavy atom. The lowest BCUT2D eigenvalue weighted by atomic mass is 10.2. The largest absolute Gasteiger partial charge is 0.339 e. The Balaban J connectivity index is 2.82. The predicted octanol–water partition coefficient (Wildman–Crippen LogP) is 1.21. The van der Waals surface area contributed by atoms with Crippen LogP contribution in [-0.4, -0.2) is 10.1 Å². The SMILES string of the molecule is CC(C)c1nc([C@H](C)N)no1. The molecule has 62 valence electrons. The first-order valence-corrected chi connectivity index (χ1v) is 3.70. The van der Waals surface area contributed by atoms with E-state index in [1.54, 1.807) is 0 Å². The van der Waals surface area contributed by atoms with Crippen LogP contribution in [0.3, 0.4) is 0 Å². The average molecular weight is 155 g/mol. The van der Waals surface area contributed by atoms with Gasteiger partial charge in [0, 0.05) is 5.92 Å². The second-order valence-corrected chi connectivity index (χ2v) is 2.93. The van der Waals surface area contributed by atoms with Crippen molar-refractivity contribution in [3.8, 4) is 0 Å². The van der Waals surface area contributed by atoms with Gasteiger partial charge >= 0.3 is 0 Å². The van der Waals surface area contributed by atoms with Crippen molar-refractivity contribution in [2.45, 2.75) is 32.7 Å². The molecule has 0 spiro atoms. The van der Waals surface area contributed by atoms with Gasteiger partial charge in [0.1, 0.15) is 0 Å². The Morgan fingerprint density at radius 3 is 2.27 bits per heavy atom. The molecule has 1 rings (SSSR count). The van der Waals surface area contributed by atoms with Gasteiger partial charge in [0.05, 0.1) is 6.04 Å². The van der Waals surface area contributed by atoms with Crippen LogP contribution in [0.15, 0.2) is 4.52 Å². The summed E-state index contributed by atoms with van der Waals surface area (Å²) in [6.07, 6.45) is 0. The van der Waals surface area contributed by atoms with Crippen LogP contribution in [-0.2, 0) is 0 Å². The van der Waals surface area contributed by atoms with Crippen LogP contribution >= 0.6 is 0 Å². The molecule has 0 bridgehead atoms. The van der Waals surface area contributed by atoms with E-state index < -0.39 is 0 Å². The monoisotopic (exact) mass is 155 g/mol. The van der Waals surface area contributed by atoms with Gasteiger partial charge in [-0.15, -0.1) is 0 Å². The van der Waals surface area contributed by atoms with Gasteiger partial charge in [-0.2, -0.15) is 4.98 Å². The number of rotatable bonds is 2. The highest BCUT2D eigenvalue weighted by Gasteiger charge is 2.11. The van der Waals surface area contributed by atoms with Crippen LogP contribution in [0.5, 0.6) is 0 Å². The van der Waals surface area contributed by atoms with Gasteiger partial charge in [0.25, 0.3) is 0 Å². The Bertz CT molecular complexity index is 207. The minimum Gasteiger partial charge on any atom is -0.339 e. The molecule has 1 heterocycles. The highest BCUT2D eigenvalue weighted by Crippen LogP contribution is 2.13. The number of nitrogens with zero attached hydrogens (tertiary/aromatic N) is 2. The summed E-state index contributed by atoms with van der Waals surface area (Å²) >= 11 is 0. The minimum atomic E-state index is -0.147. The average Bonchev–Trinajstić information content (AvgIpc) is 2.33. The van der Waals surface area contributed by atoms with Crippen LogP contribution in [0.1, 0.15) is 44.4 Å². The maximum atomic E-state index is 5.54. The molecule has 0 unspecified atom stereocenters. The van der Waals surface area contributed by atoms with Crippen LogP contribution < -0.4 is 5.73 Å². The van der Waals surface area contributed by atoms with Crippen LogP contribution in [0, 0.1) is 0 Å². The van der Waals surface area contributed by atoms with Gasteiger partial charge < -0.3 is 10.3 Å². The first kappa shape index (κ1) is 8.20. The molecule has 0 saturated carbocycles. The number of hydrogen-bond acceptors (Lipinski definition) is 4.